The molecule has 1 aliphatic carbocycles. The first kappa shape index (κ1) is 15.5. The molecule has 0 saturated heterocycles. The molecule has 0 aromatic rings. The van der Waals surface area contributed by atoms with Crippen LogP contribution in [0.5, 0.6) is 0 Å². The summed E-state index contributed by atoms with van der Waals surface area (Å²) in [5, 5.41) is 0. The Morgan fingerprint density at radius 3 is 2.44 bits per heavy atom. The van der Waals surface area contributed by atoms with Gasteiger partial charge in [0.2, 0.25) is 0 Å². The minimum Gasteiger partial charge on any atom is -0.464 e. The van der Waals surface area contributed by atoms with E-state index >= 15 is 0 Å². The van der Waals surface area contributed by atoms with Crippen LogP contribution in [-0.4, -0.2) is 37.1 Å². The molecule has 3 unspecified atom stereocenters. The predicted molar refractivity (Wildman–Crippen MR) is 74.4 cm³/mol. The number of hydrogen-bond donors (Lipinski definition) is 0. The quantitative estimate of drug-likeness (QED) is 0.683. The summed E-state index contributed by atoms with van der Waals surface area (Å²) < 4.78 is 5.44. The van der Waals surface area contributed by atoms with Crippen LogP contribution in [0.3, 0.4) is 0 Å². The molecule has 0 aliphatic heterocycles. The first-order valence-electron chi connectivity index (χ1n) is 7.44. The zero-order valence-electron chi connectivity index (χ0n) is 12.4. The van der Waals surface area contributed by atoms with Crippen LogP contribution in [0.4, 0.5) is 0 Å². The van der Waals surface area contributed by atoms with Crippen molar-refractivity contribution >= 4 is 5.97 Å². The second kappa shape index (κ2) is 7.78. The summed E-state index contributed by atoms with van der Waals surface area (Å²) in [6, 6.07) is 0. The monoisotopic (exact) mass is 255 g/mol. The van der Waals surface area contributed by atoms with Crippen LogP contribution in [0.2, 0.25) is 0 Å². The molecular weight excluding hydrogens is 226 g/mol. The van der Waals surface area contributed by atoms with Crippen LogP contribution < -0.4 is 0 Å². The molecule has 18 heavy (non-hydrogen) atoms. The average Bonchev–Trinajstić information content (AvgIpc) is 2.35. The number of esters is 1. The van der Waals surface area contributed by atoms with Gasteiger partial charge in [0, 0.05) is 0 Å². The Labute approximate surface area is 112 Å². The smallest absolute Gasteiger partial charge is 0.320 e. The molecule has 0 spiro atoms. The lowest BCUT2D eigenvalue weighted by atomic mass is 9.76. The van der Waals surface area contributed by atoms with Crippen LogP contribution in [0.15, 0.2) is 0 Å². The number of ether oxygens (including phenoxy) is 1. The van der Waals surface area contributed by atoms with E-state index < -0.39 is 0 Å². The standard InChI is InChI=1S/C15H29NO2/c1-5-16(6-2)10-15(17)18-11-14-8-7-12(3)9-13(14)4/h12-14H,5-11H2,1-4H3. The van der Waals surface area contributed by atoms with Crippen molar-refractivity contribution in [2.75, 3.05) is 26.2 Å². The number of carbonyl (C=O) groups is 1. The molecule has 1 rings (SSSR count). The van der Waals surface area contributed by atoms with Crippen molar-refractivity contribution < 1.29 is 9.53 Å². The van der Waals surface area contributed by atoms with Gasteiger partial charge in [0.25, 0.3) is 0 Å². The number of nitrogens with zero attached hydrogens (tertiary/aromatic N) is 1. The summed E-state index contributed by atoms with van der Waals surface area (Å²) in [5.41, 5.74) is 0. The lowest BCUT2D eigenvalue weighted by molar-refractivity contribution is -0.147. The molecule has 1 aliphatic rings. The fraction of sp³-hybridized carbons (Fsp3) is 0.933. The molecule has 1 saturated carbocycles. The summed E-state index contributed by atoms with van der Waals surface area (Å²) >= 11 is 0. The summed E-state index contributed by atoms with van der Waals surface area (Å²) in [6.07, 6.45) is 3.77. The maximum Gasteiger partial charge on any atom is 0.320 e. The van der Waals surface area contributed by atoms with Crippen molar-refractivity contribution in [1.29, 1.82) is 0 Å². The Hall–Kier alpha value is -0.570. The van der Waals surface area contributed by atoms with Crippen LogP contribution in [0, 0.1) is 17.8 Å². The number of hydrogen-bond acceptors (Lipinski definition) is 3. The summed E-state index contributed by atoms with van der Waals surface area (Å²) in [4.78, 5) is 13.8. The molecule has 3 nitrogen and oxygen atoms in total. The van der Waals surface area contributed by atoms with Crippen LogP contribution >= 0.6 is 0 Å². The molecule has 0 N–H and O–H groups in total. The van der Waals surface area contributed by atoms with E-state index in [1.165, 1.54) is 19.3 Å². The van der Waals surface area contributed by atoms with Gasteiger partial charge in [-0.1, -0.05) is 34.1 Å². The molecule has 1 fully saturated rings. The van der Waals surface area contributed by atoms with Crippen molar-refractivity contribution in [3.8, 4) is 0 Å². The lowest BCUT2D eigenvalue weighted by Gasteiger charge is -2.32. The second-order valence-corrected chi connectivity index (χ2v) is 5.80. The van der Waals surface area contributed by atoms with Gasteiger partial charge in [-0.3, -0.25) is 9.69 Å². The summed E-state index contributed by atoms with van der Waals surface area (Å²) in [5.74, 6) is 2.03. The molecule has 0 aromatic carbocycles. The SMILES string of the molecule is CCN(CC)CC(=O)OCC1CCC(C)CC1C. The van der Waals surface area contributed by atoms with Gasteiger partial charge >= 0.3 is 5.97 Å². The molecular formula is C15H29NO2. The van der Waals surface area contributed by atoms with Gasteiger partial charge in [-0.2, -0.15) is 0 Å². The zero-order valence-corrected chi connectivity index (χ0v) is 12.4. The Bertz CT molecular complexity index is 251. The van der Waals surface area contributed by atoms with Crippen molar-refractivity contribution in [1.82, 2.24) is 4.90 Å². The fourth-order valence-electron chi connectivity index (χ4n) is 2.85. The van der Waals surface area contributed by atoms with Crippen LogP contribution in [-0.2, 0) is 9.53 Å². The topological polar surface area (TPSA) is 29.5 Å². The van der Waals surface area contributed by atoms with E-state index in [-0.39, 0.29) is 5.97 Å². The van der Waals surface area contributed by atoms with Crippen molar-refractivity contribution in [2.45, 2.75) is 47.0 Å². The van der Waals surface area contributed by atoms with Gasteiger partial charge in [-0.25, -0.2) is 0 Å². The van der Waals surface area contributed by atoms with Crippen molar-refractivity contribution in [3.05, 3.63) is 0 Å². The Morgan fingerprint density at radius 2 is 1.89 bits per heavy atom. The Kier molecular flexibility index (Phi) is 6.69. The second-order valence-electron chi connectivity index (χ2n) is 5.80. The van der Waals surface area contributed by atoms with Gasteiger partial charge in [0.15, 0.2) is 0 Å². The molecule has 0 heterocycles. The highest BCUT2D eigenvalue weighted by Crippen LogP contribution is 2.33. The Balaban J connectivity index is 2.25. The molecule has 3 atom stereocenters. The van der Waals surface area contributed by atoms with E-state index in [4.69, 9.17) is 4.74 Å². The average molecular weight is 255 g/mol. The number of likely N-dealkylation sites (N-methyl/N-ethyl adjacent to an activating group) is 1. The predicted octanol–water partition coefficient (Wildman–Crippen LogP) is 2.94. The molecule has 0 radical (unpaired) electrons. The highest BCUT2D eigenvalue weighted by molar-refractivity contribution is 5.71. The first-order valence-corrected chi connectivity index (χ1v) is 7.44. The van der Waals surface area contributed by atoms with Crippen molar-refractivity contribution in [2.24, 2.45) is 17.8 Å². The van der Waals surface area contributed by atoms with E-state index in [2.05, 4.69) is 32.6 Å². The van der Waals surface area contributed by atoms with Gasteiger partial charge in [-0.05, 0) is 43.7 Å². The van der Waals surface area contributed by atoms with E-state index in [9.17, 15) is 4.79 Å². The number of rotatable bonds is 6. The largest absolute Gasteiger partial charge is 0.464 e. The van der Waals surface area contributed by atoms with Gasteiger partial charge in [-0.15, -0.1) is 0 Å². The summed E-state index contributed by atoms with van der Waals surface area (Å²) in [7, 11) is 0. The minimum absolute atomic E-state index is 0.0653. The van der Waals surface area contributed by atoms with E-state index in [0.29, 0.717) is 25.0 Å². The molecule has 0 amide bonds. The van der Waals surface area contributed by atoms with Crippen molar-refractivity contribution in [3.63, 3.8) is 0 Å². The fourth-order valence-corrected chi connectivity index (χ4v) is 2.85. The van der Waals surface area contributed by atoms with Gasteiger partial charge < -0.3 is 4.74 Å². The third kappa shape index (κ3) is 4.97. The van der Waals surface area contributed by atoms with E-state index in [1.807, 2.05) is 0 Å². The zero-order chi connectivity index (χ0) is 13.5. The Morgan fingerprint density at radius 1 is 1.22 bits per heavy atom. The van der Waals surface area contributed by atoms with Gasteiger partial charge in [0.1, 0.15) is 0 Å². The maximum atomic E-state index is 11.7. The summed E-state index contributed by atoms with van der Waals surface area (Å²) in [6.45, 7) is 11.6. The van der Waals surface area contributed by atoms with Crippen LogP contribution in [0.25, 0.3) is 0 Å². The third-order valence-electron chi connectivity index (χ3n) is 4.31. The molecule has 106 valence electrons. The molecule has 0 bridgehead atoms. The molecule has 0 aromatic heterocycles. The molecule has 3 heteroatoms. The maximum absolute atomic E-state index is 11.7. The van der Waals surface area contributed by atoms with E-state index in [0.717, 1.165) is 19.0 Å². The van der Waals surface area contributed by atoms with E-state index in [1.54, 1.807) is 0 Å². The van der Waals surface area contributed by atoms with Crippen LogP contribution in [0.1, 0.15) is 47.0 Å². The normalized spacial score (nSPS) is 28.4. The highest BCUT2D eigenvalue weighted by Gasteiger charge is 2.26. The lowest BCUT2D eigenvalue weighted by Crippen LogP contribution is -2.33. The number of carbonyl (C=O) groups excluding carboxylic acids is 1. The van der Waals surface area contributed by atoms with Gasteiger partial charge in [0.05, 0.1) is 13.2 Å². The highest BCUT2D eigenvalue weighted by atomic mass is 16.5. The first-order chi connectivity index (χ1) is 8.56. The minimum atomic E-state index is -0.0653. The third-order valence-corrected chi connectivity index (χ3v) is 4.31.